The summed E-state index contributed by atoms with van der Waals surface area (Å²) in [5.41, 5.74) is 1.93. The van der Waals surface area contributed by atoms with Crippen molar-refractivity contribution >= 4 is 6.09 Å². The number of rotatable bonds is 6. The molecule has 0 fully saturated rings. The van der Waals surface area contributed by atoms with Crippen LogP contribution < -0.4 is 15.6 Å². The summed E-state index contributed by atoms with van der Waals surface area (Å²) < 4.78 is 12.5. The van der Waals surface area contributed by atoms with Crippen LogP contribution in [0.5, 0.6) is 5.75 Å². The van der Waals surface area contributed by atoms with Gasteiger partial charge in [0.05, 0.1) is 18.0 Å². The van der Waals surface area contributed by atoms with Crippen LogP contribution in [0.25, 0.3) is 5.69 Å². The maximum Gasteiger partial charge on any atom is 0.407 e. The van der Waals surface area contributed by atoms with Gasteiger partial charge in [0.15, 0.2) is 0 Å². The predicted octanol–water partition coefficient (Wildman–Crippen LogP) is 4.21. The Labute approximate surface area is 190 Å². The number of alkyl carbamates (subject to hydrolysis) is 1. The monoisotopic (exact) mass is 441 g/mol. The maximum atomic E-state index is 13.5. The molecule has 1 heterocycles. The second-order valence-electron chi connectivity index (χ2n) is 10.0. The van der Waals surface area contributed by atoms with Gasteiger partial charge in [0, 0.05) is 18.5 Å². The normalized spacial score (nSPS) is 15.1. The van der Waals surface area contributed by atoms with E-state index in [1.807, 2.05) is 52.0 Å². The van der Waals surface area contributed by atoms with Crippen molar-refractivity contribution in [2.45, 2.75) is 72.8 Å². The van der Waals surface area contributed by atoms with Crippen LogP contribution in [0.3, 0.4) is 0 Å². The molecule has 1 aromatic heterocycles. The molecule has 0 saturated carbocycles. The fourth-order valence-electron chi connectivity index (χ4n) is 3.93. The third-order valence-corrected chi connectivity index (χ3v) is 5.45. The number of nitrogens with one attached hydrogen (secondary N) is 1. The van der Waals surface area contributed by atoms with Crippen molar-refractivity contribution in [2.24, 2.45) is 5.41 Å². The predicted molar refractivity (Wildman–Crippen MR) is 125 cm³/mol. The van der Waals surface area contributed by atoms with Crippen LogP contribution in [0, 0.1) is 5.41 Å². The van der Waals surface area contributed by atoms with Crippen molar-refractivity contribution in [3.8, 4) is 11.4 Å². The minimum absolute atomic E-state index is 0.0260. The molecule has 7 nitrogen and oxygen atoms in total. The number of aromatic nitrogens is 2. The smallest absolute Gasteiger partial charge is 0.407 e. The largest absolute Gasteiger partial charge is 0.494 e. The summed E-state index contributed by atoms with van der Waals surface area (Å²) >= 11 is 0. The molecule has 0 bridgehead atoms. The van der Waals surface area contributed by atoms with Crippen LogP contribution in [0.1, 0.15) is 65.0 Å². The average molecular weight is 442 g/mol. The second-order valence-corrected chi connectivity index (χ2v) is 10.0. The molecule has 1 N–H and O–H groups in total. The minimum Gasteiger partial charge on any atom is -0.494 e. The van der Waals surface area contributed by atoms with Crippen LogP contribution in [-0.2, 0) is 24.0 Å². The lowest BCUT2D eigenvalue weighted by atomic mass is 9.76. The van der Waals surface area contributed by atoms with Gasteiger partial charge in [-0.1, -0.05) is 13.8 Å². The summed E-state index contributed by atoms with van der Waals surface area (Å²) in [5, 5.41) is 2.77. The van der Waals surface area contributed by atoms with Crippen LogP contribution >= 0.6 is 0 Å². The van der Waals surface area contributed by atoms with Gasteiger partial charge in [-0.05, 0) is 76.6 Å². The van der Waals surface area contributed by atoms with Gasteiger partial charge in [-0.3, -0.25) is 9.36 Å². The molecule has 0 unspecified atom stereocenters. The minimum atomic E-state index is -0.565. The fourth-order valence-corrected chi connectivity index (χ4v) is 3.93. The van der Waals surface area contributed by atoms with E-state index >= 15 is 0 Å². The second kappa shape index (κ2) is 9.35. The zero-order valence-corrected chi connectivity index (χ0v) is 20.1. The first-order chi connectivity index (χ1) is 15.0. The van der Waals surface area contributed by atoms with Gasteiger partial charge in [0.1, 0.15) is 17.2 Å². The molecule has 1 aromatic carbocycles. The van der Waals surface area contributed by atoms with Crippen molar-refractivity contribution < 1.29 is 14.3 Å². The van der Waals surface area contributed by atoms with E-state index in [4.69, 9.17) is 14.5 Å². The SMILES string of the molecule is CCOc1ccc(-n2c(CCNC(=O)OC(C)(C)C)nc3c(c2=O)CCC(C)(C)C3)cc1. The molecule has 0 atom stereocenters. The fraction of sp³-hybridized carbons (Fsp3) is 0.560. The zero-order valence-electron chi connectivity index (χ0n) is 20.1. The van der Waals surface area contributed by atoms with E-state index in [9.17, 15) is 9.59 Å². The molecule has 0 saturated heterocycles. The van der Waals surface area contributed by atoms with E-state index in [-0.39, 0.29) is 11.0 Å². The Morgan fingerprint density at radius 1 is 1.22 bits per heavy atom. The first-order valence-corrected chi connectivity index (χ1v) is 11.3. The molecule has 174 valence electrons. The number of fused-ring (bicyclic) bond motifs is 1. The van der Waals surface area contributed by atoms with Gasteiger partial charge in [0.2, 0.25) is 0 Å². The Balaban J connectivity index is 1.93. The third kappa shape index (κ3) is 5.90. The van der Waals surface area contributed by atoms with Gasteiger partial charge >= 0.3 is 6.09 Å². The molecular weight excluding hydrogens is 406 g/mol. The van der Waals surface area contributed by atoms with Crippen LogP contribution in [0.15, 0.2) is 29.1 Å². The molecule has 0 spiro atoms. The van der Waals surface area contributed by atoms with Gasteiger partial charge in [0.25, 0.3) is 5.56 Å². The molecule has 0 aliphatic heterocycles. The summed E-state index contributed by atoms with van der Waals surface area (Å²) in [4.78, 5) is 30.5. The Bertz CT molecular complexity index is 1020. The van der Waals surface area contributed by atoms with E-state index in [0.717, 1.165) is 42.0 Å². The van der Waals surface area contributed by atoms with Crippen LogP contribution in [0.2, 0.25) is 0 Å². The van der Waals surface area contributed by atoms with E-state index in [1.54, 1.807) is 4.57 Å². The number of ether oxygens (including phenoxy) is 2. The van der Waals surface area contributed by atoms with Gasteiger partial charge in [-0.2, -0.15) is 0 Å². The number of amides is 1. The first kappa shape index (κ1) is 23.8. The Hall–Kier alpha value is -2.83. The summed E-state index contributed by atoms with van der Waals surface area (Å²) in [7, 11) is 0. The lowest BCUT2D eigenvalue weighted by Gasteiger charge is -2.31. The Kier molecular flexibility index (Phi) is 6.96. The summed E-state index contributed by atoms with van der Waals surface area (Å²) in [6, 6.07) is 7.46. The molecule has 0 radical (unpaired) electrons. The lowest BCUT2D eigenvalue weighted by Crippen LogP contribution is -2.37. The van der Waals surface area contributed by atoms with Gasteiger partial charge < -0.3 is 14.8 Å². The lowest BCUT2D eigenvalue weighted by molar-refractivity contribution is 0.0528. The Morgan fingerprint density at radius 2 is 1.91 bits per heavy atom. The molecule has 7 heteroatoms. The van der Waals surface area contributed by atoms with E-state index in [1.165, 1.54) is 0 Å². The standard InChI is InChI=1S/C25H35N3O4/c1-7-31-18-10-8-17(9-11-18)28-21(13-15-26-23(30)32-24(2,3)4)27-20-16-25(5,6)14-12-19(20)22(28)29/h8-11H,7,12-16H2,1-6H3,(H,26,30). The number of hydrogen-bond donors (Lipinski definition) is 1. The zero-order chi connectivity index (χ0) is 23.5. The van der Waals surface area contributed by atoms with Crippen LogP contribution in [0.4, 0.5) is 4.79 Å². The highest BCUT2D eigenvalue weighted by molar-refractivity contribution is 5.67. The van der Waals surface area contributed by atoms with Crippen molar-refractivity contribution in [2.75, 3.05) is 13.2 Å². The Morgan fingerprint density at radius 3 is 2.53 bits per heavy atom. The highest BCUT2D eigenvalue weighted by Gasteiger charge is 2.30. The quantitative estimate of drug-likeness (QED) is 0.726. The number of carbonyl (C=O) groups is 1. The molecule has 1 aliphatic carbocycles. The molecular formula is C25H35N3O4. The molecule has 2 aromatic rings. The van der Waals surface area contributed by atoms with Crippen LogP contribution in [-0.4, -0.2) is 34.4 Å². The maximum absolute atomic E-state index is 13.5. The van der Waals surface area contributed by atoms with Crippen molar-refractivity contribution in [1.29, 1.82) is 0 Å². The van der Waals surface area contributed by atoms with E-state index < -0.39 is 11.7 Å². The van der Waals surface area contributed by atoms with Gasteiger partial charge in [-0.15, -0.1) is 0 Å². The molecule has 1 amide bonds. The summed E-state index contributed by atoms with van der Waals surface area (Å²) in [6.07, 6.45) is 2.39. The molecule has 3 rings (SSSR count). The average Bonchev–Trinajstić information content (AvgIpc) is 2.67. The number of carbonyl (C=O) groups excluding carboxylic acids is 1. The number of benzene rings is 1. The third-order valence-electron chi connectivity index (χ3n) is 5.45. The summed E-state index contributed by atoms with van der Waals surface area (Å²) in [6.45, 7) is 12.7. The van der Waals surface area contributed by atoms with Crippen molar-refractivity contribution in [1.82, 2.24) is 14.9 Å². The van der Waals surface area contributed by atoms with Gasteiger partial charge in [-0.25, -0.2) is 9.78 Å². The number of hydrogen-bond acceptors (Lipinski definition) is 5. The topological polar surface area (TPSA) is 82.4 Å². The van der Waals surface area contributed by atoms with E-state index in [2.05, 4.69) is 19.2 Å². The molecule has 1 aliphatic rings. The highest BCUT2D eigenvalue weighted by Crippen LogP contribution is 2.33. The van der Waals surface area contributed by atoms with Crippen molar-refractivity contribution in [3.05, 3.63) is 51.7 Å². The summed E-state index contributed by atoms with van der Waals surface area (Å²) in [5.74, 6) is 1.39. The van der Waals surface area contributed by atoms with E-state index in [0.29, 0.717) is 25.4 Å². The highest BCUT2D eigenvalue weighted by atomic mass is 16.6. The molecule has 32 heavy (non-hydrogen) atoms. The first-order valence-electron chi connectivity index (χ1n) is 11.3. The van der Waals surface area contributed by atoms with Crippen molar-refractivity contribution in [3.63, 3.8) is 0 Å². The number of nitrogens with zero attached hydrogens (tertiary/aromatic N) is 2.